The SMILES string of the molecule is C=C(C)C(=O)OCC/C=C1/C=CC(c2ccc(-c3ccc(OC(=O)C(=C)C)cc3)c(F)c2)=CC1. The first-order chi connectivity index (χ1) is 16.2. The number of esters is 2. The molecule has 0 heterocycles. The molecule has 3 rings (SSSR count). The van der Waals surface area contributed by atoms with Gasteiger partial charge in [-0.15, -0.1) is 0 Å². The molecule has 0 fully saturated rings. The number of carbonyl (C=O) groups is 2. The Labute approximate surface area is 199 Å². The number of rotatable bonds is 8. The van der Waals surface area contributed by atoms with Gasteiger partial charge in [0, 0.05) is 23.1 Å². The van der Waals surface area contributed by atoms with E-state index in [-0.39, 0.29) is 11.8 Å². The van der Waals surface area contributed by atoms with Gasteiger partial charge >= 0.3 is 11.9 Å². The minimum Gasteiger partial charge on any atom is -0.462 e. The van der Waals surface area contributed by atoms with Crippen LogP contribution in [0.4, 0.5) is 4.39 Å². The Balaban J connectivity index is 1.62. The van der Waals surface area contributed by atoms with E-state index in [2.05, 4.69) is 13.2 Å². The lowest BCUT2D eigenvalue weighted by Gasteiger charge is -2.12. The maximum atomic E-state index is 14.9. The summed E-state index contributed by atoms with van der Waals surface area (Å²) in [4.78, 5) is 23.0. The normalized spacial score (nSPS) is 13.9. The van der Waals surface area contributed by atoms with Crippen molar-refractivity contribution in [2.75, 3.05) is 6.61 Å². The lowest BCUT2D eigenvalue weighted by Crippen LogP contribution is -2.07. The van der Waals surface area contributed by atoms with Crippen LogP contribution in [0.1, 0.15) is 32.3 Å². The maximum absolute atomic E-state index is 14.9. The van der Waals surface area contributed by atoms with E-state index in [1.165, 1.54) is 6.07 Å². The van der Waals surface area contributed by atoms with Crippen molar-refractivity contribution >= 4 is 17.5 Å². The van der Waals surface area contributed by atoms with Crippen LogP contribution in [-0.2, 0) is 14.3 Å². The van der Waals surface area contributed by atoms with E-state index in [9.17, 15) is 14.0 Å². The van der Waals surface area contributed by atoms with Gasteiger partial charge in [0.1, 0.15) is 11.6 Å². The van der Waals surface area contributed by atoms with Crippen molar-refractivity contribution < 1.29 is 23.5 Å². The summed E-state index contributed by atoms with van der Waals surface area (Å²) in [5.74, 6) is -0.836. The van der Waals surface area contributed by atoms with Crippen LogP contribution >= 0.6 is 0 Å². The first kappa shape index (κ1) is 24.6. The minimum absolute atomic E-state index is 0.309. The van der Waals surface area contributed by atoms with Crippen LogP contribution in [0.2, 0.25) is 0 Å². The number of hydrogen-bond acceptors (Lipinski definition) is 4. The molecule has 174 valence electrons. The molecule has 0 bridgehead atoms. The van der Waals surface area contributed by atoms with Crippen LogP contribution in [0.3, 0.4) is 0 Å². The highest BCUT2D eigenvalue weighted by Gasteiger charge is 2.11. The molecule has 0 aromatic heterocycles. The zero-order valence-electron chi connectivity index (χ0n) is 19.4. The van der Waals surface area contributed by atoms with Gasteiger partial charge in [-0.1, -0.05) is 61.7 Å². The quantitative estimate of drug-likeness (QED) is 0.190. The zero-order valence-corrected chi connectivity index (χ0v) is 19.4. The van der Waals surface area contributed by atoms with E-state index in [1.54, 1.807) is 44.2 Å². The van der Waals surface area contributed by atoms with Gasteiger partial charge in [0.25, 0.3) is 0 Å². The summed E-state index contributed by atoms with van der Waals surface area (Å²) >= 11 is 0. The first-order valence-electron chi connectivity index (χ1n) is 10.9. The number of halogens is 1. The fourth-order valence-corrected chi connectivity index (χ4v) is 3.27. The van der Waals surface area contributed by atoms with E-state index >= 15 is 0 Å². The molecule has 5 heteroatoms. The van der Waals surface area contributed by atoms with Crippen LogP contribution in [0, 0.1) is 5.82 Å². The van der Waals surface area contributed by atoms with Crippen molar-refractivity contribution in [3.05, 3.63) is 108 Å². The van der Waals surface area contributed by atoms with Gasteiger partial charge in [0.05, 0.1) is 6.61 Å². The van der Waals surface area contributed by atoms with E-state index in [0.29, 0.717) is 47.5 Å². The van der Waals surface area contributed by atoms with Gasteiger partial charge in [0.15, 0.2) is 0 Å². The third kappa shape index (κ3) is 6.51. The number of benzene rings is 2. The van der Waals surface area contributed by atoms with E-state index in [1.807, 2.05) is 30.4 Å². The molecule has 1 aliphatic carbocycles. The highest BCUT2D eigenvalue weighted by atomic mass is 19.1. The Hall–Kier alpha value is -3.99. The number of allylic oxidation sites excluding steroid dienone is 5. The topological polar surface area (TPSA) is 52.6 Å². The van der Waals surface area contributed by atoms with Crippen LogP contribution in [0.15, 0.2) is 96.6 Å². The Morgan fingerprint density at radius 1 is 0.971 bits per heavy atom. The number of hydrogen-bond donors (Lipinski definition) is 0. The molecule has 0 spiro atoms. The molecule has 0 radical (unpaired) electrons. The second-order valence-electron chi connectivity index (χ2n) is 8.07. The van der Waals surface area contributed by atoms with Crippen LogP contribution < -0.4 is 4.74 Å². The second-order valence-corrected chi connectivity index (χ2v) is 8.07. The predicted octanol–water partition coefficient (Wildman–Crippen LogP) is 6.75. The summed E-state index contributed by atoms with van der Waals surface area (Å²) < 4.78 is 25.2. The van der Waals surface area contributed by atoms with Gasteiger partial charge < -0.3 is 9.47 Å². The number of ether oxygens (including phenoxy) is 2. The fraction of sp³-hybridized carbons (Fsp3) is 0.172. The summed E-state index contributed by atoms with van der Waals surface area (Å²) in [5, 5.41) is 0. The van der Waals surface area contributed by atoms with Gasteiger partial charge in [-0.05, 0) is 60.7 Å². The Morgan fingerprint density at radius 2 is 1.65 bits per heavy atom. The monoisotopic (exact) mass is 458 g/mol. The van der Waals surface area contributed by atoms with E-state index < -0.39 is 5.97 Å². The summed E-state index contributed by atoms with van der Waals surface area (Å²) in [6.07, 6.45) is 9.35. The van der Waals surface area contributed by atoms with E-state index in [4.69, 9.17) is 9.47 Å². The lowest BCUT2D eigenvalue weighted by atomic mass is 9.94. The minimum atomic E-state index is -0.499. The molecule has 0 aliphatic heterocycles. The standard InChI is InChI=1S/C29H27FO4/c1-19(2)28(31)33-17-5-6-21-7-9-22(10-8-21)24-13-16-26(27(30)18-24)23-11-14-25(15-12-23)34-29(32)20(3)4/h6-7,9-16,18H,1,3,5,8,17H2,2,4H3/b21-6-. The molecule has 0 saturated heterocycles. The Morgan fingerprint density at radius 3 is 2.24 bits per heavy atom. The van der Waals surface area contributed by atoms with Gasteiger partial charge in [0.2, 0.25) is 0 Å². The van der Waals surface area contributed by atoms with Crippen molar-refractivity contribution in [1.82, 2.24) is 0 Å². The highest BCUT2D eigenvalue weighted by Crippen LogP contribution is 2.30. The molecule has 0 N–H and O–H groups in total. The Bertz CT molecular complexity index is 1210. The molecule has 4 nitrogen and oxygen atoms in total. The van der Waals surface area contributed by atoms with Crippen molar-refractivity contribution in [3.8, 4) is 16.9 Å². The van der Waals surface area contributed by atoms with Gasteiger partial charge in [-0.3, -0.25) is 0 Å². The smallest absolute Gasteiger partial charge is 0.338 e. The van der Waals surface area contributed by atoms with Crippen LogP contribution in [-0.4, -0.2) is 18.5 Å². The van der Waals surface area contributed by atoms with Crippen molar-refractivity contribution in [1.29, 1.82) is 0 Å². The highest BCUT2D eigenvalue weighted by molar-refractivity contribution is 5.89. The molecule has 1 aliphatic rings. The van der Waals surface area contributed by atoms with Crippen molar-refractivity contribution in [3.63, 3.8) is 0 Å². The molecule has 0 atom stereocenters. The average Bonchev–Trinajstić information content (AvgIpc) is 2.82. The van der Waals surface area contributed by atoms with Crippen molar-refractivity contribution in [2.45, 2.75) is 26.7 Å². The molecule has 0 amide bonds. The van der Waals surface area contributed by atoms with Crippen LogP contribution in [0.25, 0.3) is 16.7 Å². The summed E-state index contributed by atoms with van der Waals surface area (Å²) in [6.45, 7) is 10.6. The van der Waals surface area contributed by atoms with Crippen molar-refractivity contribution in [2.24, 2.45) is 0 Å². The zero-order chi connectivity index (χ0) is 24.7. The lowest BCUT2D eigenvalue weighted by molar-refractivity contribution is -0.138. The first-order valence-corrected chi connectivity index (χ1v) is 10.9. The molecule has 34 heavy (non-hydrogen) atoms. The van der Waals surface area contributed by atoms with Crippen LogP contribution in [0.5, 0.6) is 5.75 Å². The third-order valence-electron chi connectivity index (χ3n) is 5.17. The largest absolute Gasteiger partial charge is 0.462 e. The summed E-state index contributed by atoms with van der Waals surface area (Å²) in [7, 11) is 0. The molecular weight excluding hydrogens is 431 g/mol. The Kier molecular flexibility index (Phi) is 8.14. The fourth-order valence-electron chi connectivity index (χ4n) is 3.27. The molecule has 0 saturated carbocycles. The summed E-state index contributed by atoms with van der Waals surface area (Å²) in [5.41, 5.74) is 4.69. The van der Waals surface area contributed by atoms with Gasteiger partial charge in [-0.2, -0.15) is 0 Å². The average molecular weight is 459 g/mol. The summed E-state index contributed by atoms with van der Waals surface area (Å²) in [6, 6.07) is 11.8. The molecular formula is C29H27FO4. The van der Waals surface area contributed by atoms with Gasteiger partial charge in [-0.25, -0.2) is 14.0 Å². The third-order valence-corrected chi connectivity index (χ3v) is 5.17. The predicted molar refractivity (Wildman–Crippen MR) is 132 cm³/mol. The molecule has 2 aromatic rings. The van der Waals surface area contributed by atoms with E-state index in [0.717, 1.165) is 16.7 Å². The second kappa shape index (κ2) is 11.2. The number of carbonyl (C=O) groups excluding carboxylic acids is 2. The molecule has 2 aromatic carbocycles. The maximum Gasteiger partial charge on any atom is 0.338 e. The molecule has 0 unspecified atom stereocenters.